The lowest BCUT2D eigenvalue weighted by Gasteiger charge is -2.31. The zero-order chi connectivity index (χ0) is 25.8. The lowest BCUT2D eigenvalue weighted by Crippen LogP contribution is -2.46. The maximum atomic E-state index is 14.5. The molecule has 0 radical (unpaired) electrons. The first kappa shape index (κ1) is 25.7. The molecule has 2 amide bonds. The Bertz CT molecular complexity index is 1270. The number of halogens is 1. The Morgan fingerprint density at radius 1 is 1.11 bits per heavy atom. The number of carbonyl (C=O) groups excluding carboxylic acids is 2. The molecule has 194 valence electrons. The van der Waals surface area contributed by atoms with Crippen molar-refractivity contribution in [3.8, 4) is 0 Å². The molecule has 0 aliphatic carbocycles. The van der Waals surface area contributed by atoms with E-state index in [0.717, 1.165) is 34.1 Å². The van der Waals surface area contributed by atoms with Crippen LogP contribution in [0.1, 0.15) is 38.1 Å². The summed E-state index contributed by atoms with van der Waals surface area (Å²) in [6, 6.07) is 11.7. The molecule has 1 fully saturated rings. The average Bonchev–Trinajstić information content (AvgIpc) is 3.67. The van der Waals surface area contributed by atoms with Crippen LogP contribution in [0.5, 0.6) is 0 Å². The van der Waals surface area contributed by atoms with Crippen molar-refractivity contribution in [2.24, 2.45) is 5.10 Å². The summed E-state index contributed by atoms with van der Waals surface area (Å²) in [7, 11) is 0. The Kier molecular flexibility index (Phi) is 8.09. The second kappa shape index (κ2) is 11.6. The Hall–Kier alpha value is -2.92. The van der Waals surface area contributed by atoms with Crippen LogP contribution < -0.4 is 0 Å². The summed E-state index contributed by atoms with van der Waals surface area (Å²) in [6.45, 7) is 5.52. The Morgan fingerprint density at radius 2 is 1.92 bits per heavy atom. The van der Waals surface area contributed by atoms with Crippen LogP contribution in [-0.4, -0.2) is 78.3 Å². The molecule has 2 aliphatic rings. The number of hydrogen-bond acceptors (Lipinski definition) is 7. The maximum Gasteiger partial charge on any atom is 0.262 e. The van der Waals surface area contributed by atoms with Gasteiger partial charge in [0.2, 0.25) is 0 Å². The predicted octanol–water partition coefficient (Wildman–Crippen LogP) is 4.41. The minimum absolute atomic E-state index is 0.0351. The first-order valence-corrected chi connectivity index (χ1v) is 14.1. The van der Waals surface area contributed by atoms with Gasteiger partial charge in [0.25, 0.3) is 11.8 Å². The van der Waals surface area contributed by atoms with Crippen molar-refractivity contribution in [1.82, 2.24) is 14.8 Å². The smallest absolute Gasteiger partial charge is 0.262 e. The van der Waals surface area contributed by atoms with Gasteiger partial charge >= 0.3 is 0 Å². The van der Waals surface area contributed by atoms with E-state index < -0.39 is 11.7 Å². The molecule has 2 aliphatic heterocycles. The Morgan fingerprint density at radius 3 is 2.62 bits per heavy atom. The van der Waals surface area contributed by atoms with Crippen LogP contribution in [0.3, 0.4) is 0 Å². The summed E-state index contributed by atoms with van der Waals surface area (Å²) in [5.74, 6) is -1.37. The number of thiophene rings is 2. The molecule has 1 saturated heterocycles. The van der Waals surface area contributed by atoms with E-state index in [-0.39, 0.29) is 24.1 Å². The molecule has 4 heterocycles. The van der Waals surface area contributed by atoms with Crippen molar-refractivity contribution >= 4 is 40.2 Å². The summed E-state index contributed by atoms with van der Waals surface area (Å²) < 4.78 is 20.0. The average molecular weight is 541 g/mol. The van der Waals surface area contributed by atoms with Gasteiger partial charge in [-0.15, -0.1) is 22.7 Å². The third-order valence-corrected chi connectivity index (χ3v) is 8.72. The molecular weight excluding hydrogens is 511 g/mol. The number of carbonyl (C=O) groups is 2. The number of rotatable bonds is 8. The van der Waals surface area contributed by atoms with Gasteiger partial charge in [-0.25, -0.2) is 9.40 Å². The molecule has 0 bridgehead atoms. The van der Waals surface area contributed by atoms with Crippen LogP contribution in [0.2, 0.25) is 0 Å². The van der Waals surface area contributed by atoms with Gasteiger partial charge in [-0.2, -0.15) is 5.10 Å². The van der Waals surface area contributed by atoms with Gasteiger partial charge in [-0.3, -0.25) is 14.5 Å². The molecule has 10 heteroatoms. The molecule has 0 spiro atoms. The second-order valence-corrected chi connectivity index (χ2v) is 11.0. The number of amides is 2. The maximum absolute atomic E-state index is 14.5. The van der Waals surface area contributed by atoms with Crippen LogP contribution in [-0.2, 0) is 9.53 Å². The minimum atomic E-state index is -0.595. The van der Waals surface area contributed by atoms with E-state index in [2.05, 4.69) is 4.90 Å². The van der Waals surface area contributed by atoms with Crippen molar-refractivity contribution in [1.29, 1.82) is 0 Å². The number of hydrogen-bond donors (Lipinski definition) is 0. The lowest BCUT2D eigenvalue weighted by molar-refractivity contribution is -0.133. The van der Waals surface area contributed by atoms with Crippen LogP contribution in [0.4, 0.5) is 4.39 Å². The molecule has 1 aromatic carbocycles. The molecule has 0 N–H and O–H groups in total. The molecule has 37 heavy (non-hydrogen) atoms. The van der Waals surface area contributed by atoms with E-state index in [1.165, 1.54) is 22.0 Å². The highest BCUT2D eigenvalue weighted by Crippen LogP contribution is 2.38. The van der Waals surface area contributed by atoms with Crippen LogP contribution in [0.15, 0.2) is 58.3 Å². The van der Waals surface area contributed by atoms with E-state index >= 15 is 0 Å². The van der Waals surface area contributed by atoms with Gasteiger partial charge in [-0.1, -0.05) is 18.2 Å². The number of benzene rings is 1. The molecule has 0 saturated carbocycles. The molecular formula is C27H29FN4O3S2. The Labute approximate surface area is 223 Å². The molecule has 2 aromatic heterocycles. The van der Waals surface area contributed by atoms with Gasteiger partial charge in [0.1, 0.15) is 12.4 Å². The zero-order valence-electron chi connectivity index (χ0n) is 20.6. The highest BCUT2D eigenvalue weighted by atomic mass is 32.1. The number of morpholine rings is 1. The SMILES string of the molecule is Cc1ccsc1C1CC(c2cccs2)=NN1C(=O)CN(CCN1CCOCC1)C(=O)c1ccccc1F. The zero-order valence-corrected chi connectivity index (χ0v) is 22.3. The monoisotopic (exact) mass is 540 g/mol. The first-order chi connectivity index (χ1) is 18.0. The van der Waals surface area contributed by atoms with Gasteiger partial charge < -0.3 is 9.64 Å². The third kappa shape index (κ3) is 5.82. The molecule has 1 unspecified atom stereocenters. The third-order valence-electron chi connectivity index (χ3n) is 6.68. The Balaban J connectivity index is 1.40. The van der Waals surface area contributed by atoms with Gasteiger partial charge in [-0.05, 0) is 47.5 Å². The lowest BCUT2D eigenvalue weighted by atomic mass is 10.1. The van der Waals surface area contributed by atoms with Crippen LogP contribution >= 0.6 is 22.7 Å². The summed E-state index contributed by atoms with van der Waals surface area (Å²) in [5, 5.41) is 10.3. The standard InChI is InChI=1S/C27H29FN4O3S2/c1-19-8-16-37-26(19)23-17-22(24-7-4-15-36-24)29-32(23)25(33)18-31(10-9-30-11-13-35-14-12-30)27(34)20-5-2-3-6-21(20)28/h2-8,15-16,23H,9-14,17-18H2,1H3. The topological polar surface area (TPSA) is 65.5 Å². The van der Waals surface area contributed by atoms with Crippen molar-refractivity contribution in [3.05, 3.63) is 79.9 Å². The van der Waals surface area contributed by atoms with Crippen LogP contribution in [0.25, 0.3) is 0 Å². The van der Waals surface area contributed by atoms with Crippen molar-refractivity contribution in [3.63, 3.8) is 0 Å². The largest absolute Gasteiger partial charge is 0.379 e. The van der Waals surface area contributed by atoms with Crippen molar-refractivity contribution in [2.75, 3.05) is 45.9 Å². The molecule has 7 nitrogen and oxygen atoms in total. The quantitative estimate of drug-likeness (QED) is 0.425. The summed E-state index contributed by atoms with van der Waals surface area (Å²) in [4.78, 5) is 33.0. The van der Waals surface area contributed by atoms with Crippen molar-refractivity contribution in [2.45, 2.75) is 19.4 Å². The van der Waals surface area contributed by atoms with E-state index in [1.54, 1.807) is 34.8 Å². The number of ether oxygens (including phenoxy) is 1. The fraction of sp³-hybridized carbons (Fsp3) is 0.370. The summed E-state index contributed by atoms with van der Waals surface area (Å²) in [6.07, 6.45) is 0.614. The first-order valence-electron chi connectivity index (χ1n) is 12.3. The molecule has 3 aromatic rings. The summed E-state index contributed by atoms with van der Waals surface area (Å²) in [5.41, 5.74) is 1.94. The van der Waals surface area contributed by atoms with E-state index in [9.17, 15) is 14.0 Å². The number of nitrogens with zero attached hydrogens (tertiary/aromatic N) is 4. The van der Waals surface area contributed by atoms with Crippen molar-refractivity contribution < 1.29 is 18.7 Å². The van der Waals surface area contributed by atoms with Gasteiger partial charge in [0.05, 0.1) is 35.4 Å². The fourth-order valence-electron chi connectivity index (χ4n) is 4.64. The molecule has 5 rings (SSSR count). The minimum Gasteiger partial charge on any atom is -0.379 e. The van der Waals surface area contributed by atoms with E-state index in [1.807, 2.05) is 35.9 Å². The van der Waals surface area contributed by atoms with Gasteiger partial charge in [0.15, 0.2) is 0 Å². The highest BCUT2D eigenvalue weighted by Gasteiger charge is 2.36. The second-order valence-electron chi connectivity index (χ2n) is 9.11. The predicted molar refractivity (Wildman–Crippen MR) is 144 cm³/mol. The summed E-state index contributed by atoms with van der Waals surface area (Å²) >= 11 is 3.20. The number of aryl methyl sites for hydroxylation is 1. The fourth-order valence-corrected chi connectivity index (χ4v) is 6.38. The molecule has 1 atom stereocenters. The van der Waals surface area contributed by atoms with E-state index in [4.69, 9.17) is 9.84 Å². The van der Waals surface area contributed by atoms with E-state index in [0.29, 0.717) is 32.7 Å². The number of hydrazone groups is 1. The van der Waals surface area contributed by atoms with Crippen LogP contribution in [0, 0.1) is 12.7 Å². The van der Waals surface area contributed by atoms with Gasteiger partial charge in [0, 0.05) is 37.5 Å². The normalized spacial score (nSPS) is 18.2. The highest BCUT2D eigenvalue weighted by molar-refractivity contribution is 7.12.